The summed E-state index contributed by atoms with van der Waals surface area (Å²) in [6.45, 7) is 1.95. The van der Waals surface area contributed by atoms with Crippen molar-refractivity contribution in [1.82, 2.24) is 4.98 Å². The minimum absolute atomic E-state index is 0.0393. The fourth-order valence-electron chi connectivity index (χ4n) is 2.29. The monoisotopic (exact) mass is 248 g/mol. The van der Waals surface area contributed by atoms with E-state index in [-0.39, 0.29) is 17.0 Å². The molecule has 1 saturated carbocycles. The Labute approximate surface area is 105 Å². The van der Waals surface area contributed by atoms with Crippen molar-refractivity contribution in [2.45, 2.75) is 32.6 Å². The second kappa shape index (κ2) is 4.76. The number of carbonyl (C=O) groups excluding carboxylic acids is 1. The third-order valence-electron chi connectivity index (χ3n) is 3.49. The molecule has 1 aliphatic carbocycles. The van der Waals surface area contributed by atoms with Crippen LogP contribution in [0.4, 0.5) is 5.69 Å². The number of hydrogen-bond acceptors (Lipinski definition) is 3. The first-order valence-electron chi connectivity index (χ1n) is 6.02. The summed E-state index contributed by atoms with van der Waals surface area (Å²) in [5.74, 6) is -1.14. The number of aromatic carboxylic acids is 1. The molecule has 0 radical (unpaired) electrons. The van der Waals surface area contributed by atoms with E-state index in [0.717, 1.165) is 25.7 Å². The maximum atomic E-state index is 12.1. The molecule has 18 heavy (non-hydrogen) atoms. The van der Waals surface area contributed by atoms with Crippen LogP contribution < -0.4 is 5.32 Å². The highest BCUT2D eigenvalue weighted by Crippen LogP contribution is 2.38. The zero-order valence-electron chi connectivity index (χ0n) is 10.3. The number of pyridine rings is 1. The highest BCUT2D eigenvalue weighted by atomic mass is 16.4. The summed E-state index contributed by atoms with van der Waals surface area (Å²) < 4.78 is 0. The molecular formula is C13H16N2O3. The third kappa shape index (κ3) is 2.50. The summed E-state index contributed by atoms with van der Waals surface area (Å²) in [4.78, 5) is 26.6. The molecule has 1 aromatic heterocycles. The largest absolute Gasteiger partial charge is 0.477 e. The van der Waals surface area contributed by atoms with E-state index in [1.165, 1.54) is 12.3 Å². The standard InChI is InChI=1S/C13H16N2O3/c1-13(5-2-3-6-13)12(18)15-9-4-7-14-10(8-9)11(16)17/h4,7-8H,2-3,5-6H2,1H3,(H,16,17)(H,14,15,18). The van der Waals surface area contributed by atoms with E-state index in [2.05, 4.69) is 10.3 Å². The summed E-state index contributed by atoms with van der Waals surface area (Å²) in [6.07, 6.45) is 5.29. The quantitative estimate of drug-likeness (QED) is 0.860. The van der Waals surface area contributed by atoms with Crippen LogP contribution in [0.3, 0.4) is 0 Å². The van der Waals surface area contributed by atoms with Gasteiger partial charge in [0.15, 0.2) is 0 Å². The van der Waals surface area contributed by atoms with Gasteiger partial charge in [-0.25, -0.2) is 9.78 Å². The topological polar surface area (TPSA) is 79.3 Å². The zero-order valence-corrected chi connectivity index (χ0v) is 10.3. The first kappa shape index (κ1) is 12.5. The number of aromatic nitrogens is 1. The van der Waals surface area contributed by atoms with E-state index in [9.17, 15) is 9.59 Å². The van der Waals surface area contributed by atoms with Crippen molar-refractivity contribution in [3.8, 4) is 0 Å². The van der Waals surface area contributed by atoms with E-state index in [4.69, 9.17) is 5.11 Å². The van der Waals surface area contributed by atoms with Gasteiger partial charge in [0, 0.05) is 17.3 Å². The van der Waals surface area contributed by atoms with Crippen molar-refractivity contribution in [3.63, 3.8) is 0 Å². The van der Waals surface area contributed by atoms with Crippen LogP contribution in [0.2, 0.25) is 0 Å². The highest BCUT2D eigenvalue weighted by molar-refractivity contribution is 5.96. The maximum Gasteiger partial charge on any atom is 0.354 e. The van der Waals surface area contributed by atoms with E-state index >= 15 is 0 Å². The van der Waals surface area contributed by atoms with Gasteiger partial charge in [0.2, 0.25) is 5.91 Å². The molecule has 1 heterocycles. The normalized spacial score (nSPS) is 17.4. The first-order valence-corrected chi connectivity index (χ1v) is 6.02. The van der Waals surface area contributed by atoms with Crippen LogP contribution in [0.25, 0.3) is 0 Å². The highest BCUT2D eigenvalue weighted by Gasteiger charge is 2.36. The average molecular weight is 248 g/mol. The van der Waals surface area contributed by atoms with Crippen molar-refractivity contribution in [2.24, 2.45) is 5.41 Å². The number of nitrogens with one attached hydrogen (secondary N) is 1. The van der Waals surface area contributed by atoms with Gasteiger partial charge in [0.05, 0.1) is 0 Å². The Hall–Kier alpha value is -1.91. The number of nitrogens with zero attached hydrogens (tertiary/aromatic N) is 1. The lowest BCUT2D eigenvalue weighted by Gasteiger charge is -2.22. The summed E-state index contributed by atoms with van der Waals surface area (Å²) in [5, 5.41) is 11.6. The first-order chi connectivity index (χ1) is 8.51. The Morgan fingerprint density at radius 2 is 2.06 bits per heavy atom. The Kier molecular flexibility index (Phi) is 3.32. The van der Waals surface area contributed by atoms with Crippen molar-refractivity contribution in [3.05, 3.63) is 24.0 Å². The van der Waals surface area contributed by atoms with Gasteiger partial charge in [0.1, 0.15) is 5.69 Å². The molecule has 5 nitrogen and oxygen atoms in total. The van der Waals surface area contributed by atoms with Gasteiger partial charge in [-0.15, -0.1) is 0 Å². The Balaban J connectivity index is 2.11. The Morgan fingerprint density at radius 1 is 1.39 bits per heavy atom. The molecule has 0 atom stereocenters. The maximum absolute atomic E-state index is 12.1. The van der Waals surface area contributed by atoms with Crippen molar-refractivity contribution < 1.29 is 14.7 Å². The average Bonchev–Trinajstić information content (AvgIpc) is 2.78. The van der Waals surface area contributed by atoms with Gasteiger partial charge in [-0.3, -0.25) is 4.79 Å². The molecule has 1 fully saturated rings. The molecule has 2 rings (SSSR count). The summed E-state index contributed by atoms with van der Waals surface area (Å²) in [6, 6.07) is 2.97. The van der Waals surface area contributed by atoms with E-state index in [1.807, 2.05) is 6.92 Å². The number of rotatable bonds is 3. The molecule has 1 aliphatic rings. The lowest BCUT2D eigenvalue weighted by atomic mass is 9.88. The summed E-state index contributed by atoms with van der Waals surface area (Å²) in [7, 11) is 0. The van der Waals surface area contributed by atoms with Gasteiger partial charge in [-0.05, 0) is 25.0 Å². The molecular weight excluding hydrogens is 232 g/mol. The van der Waals surface area contributed by atoms with E-state index < -0.39 is 5.97 Å². The Morgan fingerprint density at radius 3 is 2.67 bits per heavy atom. The predicted octanol–water partition coefficient (Wildman–Crippen LogP) is 2.30. The minimum atomic E-state index is -1.10. The fraction of sp³-hybridized carbons (Fsp3) is 0.462. The van der Waals surface area contributed by atoms with Crippen LogP contribution in [0.1, 0.15) is 43.1 Å². The molecule has 1 aromatic rings. The Bertz CT molecular complexity index is 479. The molecule has 0 unspecified atom stereocenters. The lowest BCUT2D eigenvalue weighted by Crippen LogP contribution is -2.30. The van der Waals surface area contributed by atoms with Gasteiger partial charge >= 0.3 is 5.97 Å². The van der Waals surface area contributed by atoms with Crippen molar-refractivity contribution >= 4 is 17.6 Å². The second-order valence-electron chi connectivity index (χ2n) is 4.96. The summed E-state index contributed by atoms with van der Waals surface area (Å²) in [5.41, 5.74) is 0.0945. The molecule has 0 saturated heterocycles. The van der Waals surface area contributed by atoms with E-state index in [0.29, 0.717) is 5.69 Å². The number of carboxylic acids is 1. The molecule has 1 amide bonds. The minimum Gasteiger partial charge on any atom is -0.477 e. The number of carbonyl (C=O) groups is 2. The SMILES string of the molecule is CC1(C(=O)Nc2ccnc(C(=O)O)c2)CCCC1. The molecule has 5 heteroatoms. The third-order valence-corrected chi connectivity index (χ3v) is 3.49. The lowest BCUT2D eigenvalue weighted by molar-refractivity contribution is -0.124. The molecule has 0 spiro atoms. The van der Waals surface area contributed by atoms with Crippen molar-refractivity contribution in [2.75, 3.05) is 5.32 Å². The van der Waals surface area contributed by atoms with Crippen LogP contribution in [-0.2, 0) is 4.79 Å². The number of anilines is 1. The van der Waals surface area contributed by atoms with Crippen LogP contribution in [-0.4, -0.2) is 22.0 Å². The van der Waals surface area contributed by atoms with Gasteiger partial charge < -0.3 is 10.4 Å². The van der Waals surface area contributed by atoms with Crippen molar-refractivity contribution in [1.29, 1.82) is 0 Å². The molecule has 0 aromatic carbocycles. The molecule has 0 bridgehead atoms. The zero-order chi connectivity index (χ0) is 13.2. The molecule has 0 aliphatic heterocycles. The van der Waals surface area contributed by atoms with Crippen LogP contribution in [0.5, 0.6) is 0 Å². The van der Waals surface area contributed by atoms with Crippen LogP contribution >= 0.6 is 0 Å². The smallest absolute Gasteiger partial charge is 0.354 e. The predicted molar refractivity (Wildman–Crippen MR) is 66.4 cm³/mol. The van der Waals surface area contributed by atoms with Gasteiger partial charge in [-0.1, -0.05) is 19.8 Å². The van der Waals surface area contributed by atoms with Crippen LogP contribution in [0, 0.1) is 5.41 Å². The number of amides is 1. The second-order valence-corrected chi connectivity index (χ2v) is 4.96. The van der Waals surface area contributed by atoms with E-state index in [1.54, 1.807) is 6.07 Å². The molecule has 2 N–H and O–H groups in total. The number of hydrogen-bond donors (Lipinski definition) is 2. The summed E-state index contributed by atoms with van der Waals surface area (Å²) >= 11 is 0. The van der Waals surface area contributed by atoms with Gasteiger partial charge in [0.25, 0.3) is 0 Å². The van der Waals surface area contributed by atoms with Gasteiger partial charge in [-0.2, -0.15) is 0 Å². The fourth-order valence-corrected chi connectivity index (χ4v) is 2.29. The van der Waals surface area contributed by atoms with Crippen LogP contribution in [0.15, 0.2) is 18.3 Å². The molecule has 96 valence electrons. The number of carboxylic acid groups (broad SMARTS) is 1.